The van der Waals surface area contributed by atoms with Gasteiger partial charge in [0.1, 0.15) is 0 Å². The van der Waals surface area contributed by atoms with Gasteiger partial charge >= 0.3 is 0 Å². The van der Waals surface area contributed by atoms with Crippen molar-refractivity contribution >= 4 is 0 Å². The topological polar surface area (TPSA) is 29.5 Å². The molecule has 0 heterocycles. The van der Waals surface area contributed by atoms with Gasteiger partial charge in [0.15, 0.2) is 0 Å². The summed E-state index contributed by atoms with van der Waals surface area (Å²) in [5, 5.41) is 9.51. The Balaban J connectivity index is 2.09. The Bertz CT molecular complexity index is 115. The highest BCUT2D eigenvalue weighted by Gasteiger charge is 2.39. The van der Waals surface area contributed by atoms with Gasteiger partial charge in [-0.3, -0.25) is 0 Å². The van der Waals surface area contributed by atoms with E-state index in [2.05, 4.69) is 6.92 Å². The minimum Gasteiger partial charge on any atom is -0.390 e. The summed E-state index contributed by atoms with van der Waals surface area (Å²) < 4.78 is 5.21. The Morgan fingerprint density at radius 1 is 1.55 bits per heavy atom. The van der Waals surface area contributed by atoms with Crippen molar-refractivity contribution in [2.75, 3.05) is 7.11 Å². The molecule has 0 radical (unpaired) electrons. The Kier molecular flexibility index (Phi) is 2.90. The van der Waals surface area contributed by atoms with E-state index in [1.54, 1.807) is 7.11 Å². The van der Waals surface area contributed by atoms with Crippen LogP contribution >= 0.6 is 0 Å². The zero-order chi connectivity index (χ0) is 8.32. The first-order valence-corrected chi connectivity index (χ1v) is 4.45. The number of methoxy groups -OCH3 is 1. The van der Waals surface area contributed by atoms with E-state index < -0.39 is 0 Å². The summed E-state index contributed by atoms with van der Waals surface area (Å²) in [5.74, 6) is 0. The molecule has 1 atom stereocenters. The highest BCUT2D eigenvalue weighted by atomic mass is 16.5. The van der Waals surface area contributed by atoms with E-state index in [1.165, 1.54) is 0 Å². The lowest BCUT2D eigenvalue weighted by Gasteiger charge is -2.14. The summed E-state index contributed by atoms with van der Waals surface area (Å²) in [7, 11) is 1.74. The van der Waals surface area contributed by atoms with Crippen molar-refractivity contribution < 1.29 is 9.84 Å². The van der Waals surface area contributed by atoms with E-state index >= 15 is 0 Å². The molecule has 66 valence electrons. The van der Waals surface area contributed by atoms with Crippen molar-refractivity contribution in [2.24, 2.45) is 0 Å². The van der Waals surface area contributed by atoms with Crippen LogP contribution in [0.15, 0.2) is 0 Å². The quantitative estimate of drug-likeness (QED) is 0.660. The van der Waals surface area contributed by atoms with Gasteiger partial charge in [0.05, 0.1) is 11.7 Å². The van der Waals surface area contributed by atoms with Crippen LogP contribution in [0.2, 0.25) is 0 Å². The summed E-state index contributed by atoms with van der Waals surface area (Å²) in [6.45, 7) is 2.12. The molecule has 2 nitrogen and oxygen atoms in total. The Labute approximate surface area is 68.6 Å². The Hall–Kier alpha value is -0.0800. The van der Waals surface area contributed by atoms with Gasteiger partial charge < -0.3 is 9.84 Å². The van der Waals surface area contributed by atoms with Gasteiger partial charge in [-0.2, -0.15) is 0 Å². The largest absolute Gasteiger partial charge is 0.390 e. The first-order valence-electron chi connectivity index (χ1n) is 4.45. The highest BCUT2D eigenvalue weighted by Crippen LogP contribution is 2.39. The molecule has 1 aliphatic rings. The van der Waals surface area contributed by atoms with Crippen molar-refractivity contribution in [3.63, 3.8) is 0 Å². The molecule has 0 bridgehead atoms. The number of ether oxygens (including phenoxy) is 1. The molecule has 0 aromatic rings. The molecule has 0 aromatic carbocycles. The predicted octanol–water partition coefficient (Wildman–Crippen LogP) is 1.72. The molecule has 1 aliphatic carbocycles. The lowest BCUT2D eigenvalue weighted by atomic mass is 10.1. The molecule has 0 spiro atoms. The monoisotopic (exact) mass is 158 g/mol. The zero-order valence-corrected chi connectivity index (χ0v) is 7.47. The summed E-state index contributed by atoms with van der Waals surface area (Å²) in [5.41, 5.74) is -0.300. The van der Waals surface area contributed by atoms with Crippen LogP contribution in [0.1, 0.15) is 39.0 Å². The van der Waals surface area contributed by atoms with Gasteiger partial charge in [-0.1, -0.05) is 6.92 Å². The van der Waals surface area contributed by atoms with Gasteiger partial charge in [-0.05, 0) is 32.1 Å². The van der Waals surface area contributed by atoms with Crippen molar-refractivity contribution in [1.82, 2.24) is 0 Å². The lowest BCUT2D eigenvalue weighted by molar-refractivity contribution is 0.0636. The van der Waals surface area contributed by atoms with Crippen LogP contribution < -0.4 is 0 Å². The molecule has 11 heavy (non-hydrogen) atoms. The van der Waals surface area contributed by atoms with Gasteiger partial charge in [-0.25, -0.2) is 0 Å². The molecule has 0 aromatic heterocycles. The number of hydrogen-bond acceptors (Lipinski definition) is 2. The molecule has 1 N–H and O–H groups in total. The maximum atomic E-state index is 9.51. The van der Waals surface area contributed by atoms with Gasteiger partial charge in [0.2, 0.25) is 0 Å². The average molecular weight is 158 g/mol. The Morgan fingerprint density at radius 3 is 2.55 bits per heavy atom. The van der Waals surface area contributed by atoms with Crippen molar-refractivity contribution in [1.29, 1.82) is 0 Å². The summed E-state index contributed by atoms with van der Waals surface area (Å²) in [6, 6.07) is 0. The molecular weight excluding hydrogens is 140 g/mol. The molecule has 1 unspecified atom stereocenters. The molecule has 2 heteroatoms. The van der Waals surface area contributed by atoms with E-state index in [1.807, 2.05) is 0 Å². The van der Waals surface area contributed by atoms with E-state index in [-0.39, 0.29) is 5.60 Å². The lowest BCUT2D eigenvalue weighted by Crippen LogP contribution is -2.14. The molecule has 0 aliphatic heterocycles. The fourth-order valence-electron chi connectivity index (χ4n) is 1.31. The van der Waals surface area contributed by atoms with Crippen LogP contribution in [-0.4, -0.2) is 23.9 Å². The van der Waals surface area contributed by atoms with Crippen LogP contribution in [0.5, 0.6) is 0 Å². The van der Waals surface area contributed by atoms with E-state index in [0.29, 0.717) is 6.10 Å². The second-order valence-electron chi connectivity index (χ2n) is 3.53. The van der Waals surface area contributed by atoms with Crippen molar-refractivity contribution in [3.8, 4) is 0 Å². The molecular formula is C9H18O2. The van der Waals surface area contributed by atoms with Crippen LogP contribution in [0.25, 0.3) is 0 Å². The minimum absolute atomic E-state index is 0.300. The molecule has 0 saturated heterocycles. The number of hydrogen-bond donors (Lipinski definition) is 1. The fraction of sp³-hybridized carbons (Fsp3) is 1.00. The molecule has 1 saturated carbocycles. The summed E-state index contributed by atoms with van der Waals surface area (Å²) in [6.07, 6.45) is 5.30. The summed E-state index contributed by atoms with van der Waals surface area (Å²) in [4.78, 5) is 0. The van der Waals surface area contributed by atoms with Crippen LogP contribution in [0.4, 0.5) is 0 Å². The average Bonchev–Trinajstić information content (AvgIpc) is 2.71. The van der Waals surface area contributed by atoms with Crippen molar-refractivity contribution in [3.05, 3.63) is 0 Å². The van der Waals surface area contributed by atoms with Gasteiger partial charge in [0.25, 0.3) is 0 Å². The highest BCUT2D eigenvalue weighted by molar-refractivity contribution is 4.93. The second kappa shape index (κ2) is 3.55. The van der Waals surface area contributed by atoms with E-state index in [9.17, 15) is 5.11 Å². The maximum Gasteiger partial charge on any atom is 0.0651 e. The fourth-order valence-corrected chi connectivity index (χ4v) is 1.31. The van der Waals surface area contributed by atoms with Crippen LogP contribution in [0.3, 0.4) is 0 Å². The summed E-state index contributed by atoms with van der Waals surface area (Å²) >= 11 is 0. The smallest absolute Gasteiger partial charge is 0.0651 e. The minimum atomic E-state index is -0.300. The van der Waals surface area contributed by atoms with E-state index in [4.69, 9.17) is 4.74 Å². The SMILES string of the molecule is CCC(CCC1(O)CC1)OC. The van der Waals surface area contributed by atoms with Gasteiger partial charge in [0, 0.05) is 7.11 Å². The normalized spacial score (nSPS) is 23.2. The standard InChI is InChI=1S/C9H18O2/c1-3-8(11-2)4-5-9(10)6-7-9/h8,10H,3-7H2,1-2H3. The van der Waals surface area contributed by atoms with Crippen molar-refractivity contribution in [2.45, 2.75) is 50.7 Å². The Morgan fingerprint density at radius 2 is 2.18 bits per heavy atom. The first kappa shape index (κ1) is 9.01. The number of rotatable bonds is 5. The predicted molar refractivity (Wildman–Crippen MR) is 44.5 cm³/mol. The molecule has 0 amide bonds. The second-order valence-corrected chi connectivity index (χ2v) is 3.53. The maximum absolute atomic E-state index is 9.51. The zero-order valence-electron chi connectivity index (χ0n) is 7.47. The van der Waals surface area contributed by atoms with Crippen LogP contribution in [0, 0.1) is 0 Å². The molecule has 1 rings (SSSR count). The van der Waals surface area contributed by atoms with Gasteiger partial charge in [-0.15, -0.1) is 0 Å². The molecule has 1 fully saturated rings. The third-order valence-corrected chi connectivity index (χ3v) is 2.55. The van der Waals surface area contributed by atoms with Crippen LogP contribution in [-0.2, 0) is 4.74 Å². The van der Waals surface area contributed by atoms with E-state index in [0.717, 1.165) is 32.1 Å². The number of aliphatic hydroxyl groups is 1. The third kappa shape index (κ3) is 2.80. The third-order valence-electron chi connectivity index (χ3n) is 2.55. The first-order chi connectivity index (χ1) is 5.20.